The largest absolute Gasteiger partial charge is 0.289 e. The van der Waals surface area contributed by atoms with Crippen molar-refractivity contribution in [2.75, 3.05) is 0 Å². The number of aryl methyl sites for hydroxylation is 2. The second kappa shape index (κ2) is 8.32. The van der Waals surface area contributed by atoms with Crippen molar-refractivity contribution in [1.29, 1.82) is 0 Å². The van der Waals surface area contributed by atoms with Gasteiger partial charge in [-0.25, -0.2) is 0 Å². The van der Waals surface area contributed by atoms with Crippen LogP contribution in [0, 0.1) is 11.8 Å². The summed E-state index contributed by atoms with van der Waals surface area (Å²) in [4.78, 5) is 12.8. The molecule has 3 aromatic carbocycles. The summed E-state index contributed by atoms with van der Waals surface area (Å²) in [6.07, 6.45) is 1.87. The summed E-state index contributed by atoms with van der Waals surface area (Å²) in [6.45, 7) is 4.23. The van der Waals surface area contributed by atoms with Crippen molar-refractivity contribution in [2.24, 2.45) is 0 Å². The van der Waals surface area contributed by atoms with Gasteiger partial charge in [0.15, 0.2) is 5.78 Å². The highest BCUT2D eigenvalue weighted by Gasteiger charge is 2.10. The van der Waals surface area contributed by atoms with Gasteiger partial charge >= 0.3 is 0 Å². The molecule has 0 aromatic heterocycles. The lowest BCUT2D eigenvalue weighted by atomic mass is 9.96. The zero-order valence-corrected chi connectivity index (χ0v) is 15.3. The van der Waals surface area contributed by atoms with Crippen LogP contribution in [-0.4, -0.2) is 5.78 Å². The summed E-state index contributed by atoms with van der Waals surface area (Å²) < 4.78 is 0. The fourth-order valence-electron chi connectivity index (χ4n) is 2.84. The van der Waals surface area contributed by atoms with Crippen molar-refractivity contribution in [3.8, 4) is 11.8 Å². The zero-order chi connectivity index (χ0) is 18.4. The monoisotopic (exact) mass is 338 g/mol. The summed E-state index contributed by atoms with van der Waals surface area (Å²) in [7, 11) is 0. The quantitative estimate of drug-likeness (QED) is 0.457. The standard InChI is InChI=1S/C25H22O/c1-3-19-16-20(4-2)18-24(17-19)25(26)23-14-12-22(13-15-23)11-10-21-8-6-5-7-9-21/h5-9,12-18H,3-4H2,1-2H3. The second-order valence-corrected chi connectivity index (χ2v) is 6.27. The number of ketones is 1. The molecule has 0 aliphatic heterocycles. The van der Waals surface area contributed by atoms with Crippen molar-refractivity contribution < 1.29 is 4.79 Å². The van der Waals surface area contributed by atoms with Gasteiger partial charge in [0.25, 0.3) is 0 Å². The Balaban J connectivity index is 1.82. The Hall–Kier alpha value is -3.11. The van der Waals surface area contributed by atoms with E-state index in [-0.39, 0.29) is 5.78 Å². The third-order valence-electron chi connectivity index (χ3n) is 4.40. The van der Waals surface area contributed by atoms with E-state index in [1.165, 1.54) is 11.1 Å². The van der Waals surface area contributed by atoms with Crippen LogP contribution in [0.3, 0.4) is 0 Å². The molecule has 128 valence electrons. The van der Waals surface area contributed by atoms with Crippen LogP contribution in [0.25, 0.3) is 0 Å². The molecule has 3 rings (SSSR count). The highest BCUT2D eigenvalue weighted by molar-refractivity contribution is 6.09. The minimum Gasteiger partial charge on any atom is -0.289 e. The smallest absolute Gasteiger partial charge is 0.193 e. The van der Waals surface area contributed by atoms with Crippen molar-refractivity contribution in [1.82, 2.24) is 0 Å². The van der Waals surface area contributed by atoms with E-state index in [4.69, 9.17) is 0 Å². The van der Waals surface area contributed by atoms with Crippen LogP contribution in [-0.2, 0) is 12.8 Å². The first-order chi connectivity index (χ1) is 12.7. The van der Waals surface area contributed by atoms with E-state index < -0.39 is 0 Å². The lowest BCUT2D eigenvalue weighted by Crippen LogP contribution is -2.03. The number of carbonyl (C=O) groups excluding carboxylic acids is 1. The molecule has 0 N–H and O–H groups in total. The molecular weight excluding hydrogens is 316 g/mol. The Morgan fingerprint density at radius 2 is 1.23 bits per heavy atom. The number of rotatable bonds is 4. The molecular formula is C25H22O. The van der Waals surface area contributed by atoms with Gasteiger partial charge in [-0.1, -0.05) is 50.0 Å². The molecule has 0 aliphatic rings. The maximum absolute atomic E-state index is 12.8. The highest BCUT2D eigenvalue weighted by atomic mass is 16.1. The molecule has 3 aromatic rings. The Morgan fingerprint density at radius 3 is 1.77 bits per heavy atom. The van der Waals surface area contributed by atoms with Crippen LogP contribution < -0.4 is 0 Å². The van der Waals surface area contributed by atoms with Gasteiger partial charge in [0.1, 0.15) is 0 Å². The average molecular weight is 338 g/mol. The van der Waals surface area contributed by atoms with Crippen molar-refractivity contribution >= 4 is 5.78 Å². The molecule has 0 saturated carbocycles. The van der Waals surface area contributed by atoms with E-state index in [9.17, 15) is 4.79 Å². The van der Waals surface area contributed by atoms with Gasteiger partial charge < -0.3 is 0 Å². The van der Waals surface area contributed by atoms with Gasteiger partial charge in [-0.05, 0) is 72.5 Å². The molecule has 1 heteroatoms. The summed E-state index contributed by atoms with van der Waals surface area (Å²) in [6, 6.07) is 23.6. The Bertz CT molecular complexity index is 932. The Kier molecular flexibility index (Phi) is 5.66. The SMILES string of the molecule is CCc1cc(CC)cc(C(=O)c2ccc(C#Cc3ccccc3)cc2)c1. The average Bonchev–Trinajstić information content (AvgIpc) is 2.72. The number of carbonyl (C=O) groups is 1. The minimum absolute atomic E-state index is 0.0672. The summed E-state index contributed by atoms with van der Waals surface area (Å²) in [5.74, 6) is 6.35. The first-order valence-corrected chi connectivity index (χ1v) is 9.04. The lowest BCUT2D eigenvalue weighted by molar-refractivity contribution is 0.103. The van der Waals surface area contributed by atoms with E-state index in [1.54, 1.807) is 0 Å². The fraction of sp³-hybridized carbons (Fsp3) is 0.160. The topological polar surface area (TPSA) is 17.1 Å². The normalized spacial score (nSPS) is 10.1. The van der Waals surface area contributed by atoms with E-state index in [0.29, 0.717) is 5.56 Å². The molecule has 0 aliphatic carbocycles. The van der Waals surface area contributed by atoms with Crippen LogP contribution in [0.4, 0.5) is 0 Å². The van der Waals surface area contributed by atoms with Gasteiger partial charge in [-0.15, -0.1) is 0 Å². The molecule has 0 saturated heterocycles. The molecule has 0 bridgehead atoms. The van der Waals surface area contributed by atoms with Crippen molar-refractivity contribution in [3.63, 3.8) is 0 Å². The number of benzene rings is 3. The molecule has 26 heavy (non-hydrogen) atoms. The third-order valence-corrected chi connectivity index (χ3v) is 4.40. The molecule has 1 nitrogen and oxygen atoms in total. The molecule has 0 spiro atoms. The molecule has 0 atom stereocenters. The first-order valence-electron chi connectivity index (χ1n) is 9.04. The zero-order valence-electron chi connectivity index (χ0n) is 15.3. The minimum atomic E-state index is 0.0672. The van der Waals surface area contributed by atoms with Crippen LogP contribution >= 0.6 is 0 Å². The second-order valence-electron chi connectivity index (χ2n) is 6.27. The summed E-state index contributed by atoms with van der Waals surface area (Å²) >= 11 is 0. The molecule has 0 radical (unpaired) electrons. The van der Waals surface area contributed by atoms with Crippen LogP contribution in [0.15, 0.2) is 72.8 Å². The van der Waals surface area contributed by atoms with Gasteiger partial charge in [0.2, 0.25) is 0 Å². The van der Waals surface area contributed by atoms with Crippen LogP contribution in [0.2, 0.25) is 0 Å². The maximum Gasteiger partial charge on any atom is 0.193 e. The molecule has 0 fully saturated rings. The van der Waals surface area contributed by atoms with E-state index in [2.05, 4.69) is 31.8 Å². The number of hydrogen-bond donors (Lipinski definition) is 0. The van der Waals surface area contributed by atoms with E-state index in [1.807, 2.05) is 66.7 Å². The van der Waals surface area contributed by atoms with Gasteiger partial charge in [0, 0.05) is 22.3 Å². The Labute approximate surface area is 155 Å². The van der Waals surface area contributed by atoms with Crippen molar-refractivity contribution in [2.45, 2.75) is 26.7 Å². The summed E-state index contributed by atoms with van der Waals surface area (Å²) in [5.41, 5.74) is 5.77. The predicted molar refractivity (Wildman–Crippen MR) is 107 cm³/mol. The highest BCUT2D eigenvalue weighted by Crippen LogP contribution is 2.16. The van der Waals surface area contributed by atoms with Crippen LogP contribution in [0.5, 0.6) is 0 Å². The van der Waals surface area contributed by atoms with Crippen LogP contribution in [0.1, 0.15) is 52.0 Å². The molecule has 0 unspecified atom stereocenters. The predicted octanol–water partition coefficient (Wildman–Crippen LogP) is 5.44. The maximum atomic E-state index is 12.8. The molecule has 0 amide bonds. The van der Waals surface area contributed by atoms with E-state index >= 15 is 0 Å². The van der Waals surface area contributed by atoms with Gasteiger partial charge in [-0.3, -0.25) is 4.79 Å². The van der Waals surface area contributed by atoms with Gasteiger partial charge in [0.05, 0.1) is 0 Å². The Morgan fingerprint density at radius 1 is 0.692 bits per heavy atom. The van der Waals surface area contributed by atoms with Gasteiger partial charge in [-0.2, -0.15) is 0 Å². The van der Waals surface area contributed by atoms with Crippen molar-refractivity contribution in [3.05, 3.63) is 106 Å². The summed E-state index contributed by atoms with van der Waals surface area (Å²) in [5, 5.41) is 0. The number of hydrogen-bond acceptors (Lipinski definition) is 1. The van der Waals surface area contributed by atoms with E-state index in [0.717, 1.165) is 29.5 Å². The lowest BCUT2D eigenvalue weighted by Gasteiger charge is -2.07. The first kappa shape index (κ1) is 17.7. The fourth-order valence-corrected chi connectivity index (χ4v) is 2.84. The molecule has 0 heterocycles. The third kappa shape index (κ3) is 4.29.